The van der Waals surface area contributed by atoms with Gasteiger partial charge in [0.2, 0.25) is 0 Å². The molecule has 3 aromatic rings. The highest BCUT2D eigenvalue weighted by molar-refractivity contribution is 5.99. The van der Waals surface area contributed by atoms with Crippen molar-refractivity contribution in [2.45, 2.75) is 19.4 Å². The summed E-state index contributed by atoms with van der Waals surface area (Å²) in [6.45, 7) is 3.37. The van der Waals surface area contributed by atoms with Crippen LogP contribution in [0.4, 0.5) is 0 Å². The summed E-state index contributed by atoms with van der Waals surface area (Å²) < 4.78 is 1.62. The molecule has 1 amide bonds. The molecular weight excluding hydrogens is 302 g/mol. The Morgan fingerprint density at radius 2 is 2.25 bits per heavy atom. The van der Waals surface area contributed by atoms with E-state index < -0.39 is 0 Å². The van der Waals surface area contributed by atoms with Crippen molar-refractivity contribution in [1.82, 2.24) is 25.2 Å². The van der Waals surface area contributed by atoms with Crippen LogP contribution in [0.1, 0.15) is 33.2 Å². The summed E-state index contributed by atoms with van der Waals surface area (Å²) in [5.74, 6) is -0.145. The zero-order chi connectivity index (χ0) is 16.5. The van der Waals surface area contributed by atoms with Crippen molar-refractivity contribution in [3.05, 3.63) is 65.1 Å². The predicted molar refractivity (Wildman–Crippen MR) is 90.9 cm³/mol. The normalized spacial score (nSPS) is 16.8. The third kappa shape index (κ3) is 2.65. The predicted octanol–water partition coefficient (Wildman–Crippen LogP) is 1.65. The van der Waals surface area contributed by atoms with Gasteiger partial charge in [0, 0.05) is 24.5 Å². The van der Waals surface area contributed by atoms with Crippen LogP contribution in [0, 0.1) is 6.92 Å². The summed E-state index contributed by atoms with van der Waals surface area (Å²) in [5, 5.41) is 10.7. The molecule has 1 atom stereocenters. The molecule has 24 heavy (non-hydrogen) atoms. The molecule has 1 aliphatic rings. The molecule has 6 heteroatoms. The number of nitrogens with one attached hydrogen (secondary N) is 2. The SMILES string of the molecule is Cc1ccn2ncc(C(=O)NCC3NCCc4ccccc43)c2n1. The number of nitrogens with zero attached hydrogens (tertiary/aromatic N) is 3. The van der Waals surface area contributed by atoms with E-state index in [4.69, 9.17) is 0 Å². The van der Waals surface area contributed by atoms with Crippen LogP contribution in [0.15, 0.2) is 42.7 Å². The van der Waals surface area contributed by atoms with E-state index in [9.17, 15) is 4.79 Å². The Morgan fingerprint density at radius 1 is 1.38 bits per heavy atom. The van der Waals surface area contributed by atoms with Gasteiger partial charge in [-0.25, -0.2) is 9.50 Å². The van der Waals surface area contributed by atoms with Crippen molar-refractivity contribution in [1.29, 1.82) is 0 Å². The summed E-state index contributed by atoms with van der Waals surface area (Å²) in [4.78, 5) is 17.0. The smallest absolute Gasteiger partial charge is 0.256 e. The number of hydrogen-bond donors (Lipinski definition) is 2. The molecule has 0 bridgehead atoms. The second-order valence-corrected chi connectivity index (χ2v) is 6.06. The van der Waals surface area contributed by atoms with Crippen LogP contribution in [-0.2, 0) is 6.42 Å². The number of carbonyl (C=O) groups excluding carboxylic acids is 1. The molecule has 0 spiro atoms. The van der Waals surface area contributed by atoms with E-state index in [-0.39, 0.29) is 11.9 Å². The maximum Gasteiger partial charge on any atom is 0.256 e. The minimum Gasteiger partial charge on any atom is -0.350 e. The van der Waals surface area contributed by atoms with Crippen LogP contribution in [0.5, 0.6) is 0 Å². The maximum atomic E-state index is 12.6. The molecule has 2 aromatic heterocycles. The summed E-state index contributed by atoms with van der Waals surface area (Å²) >= 11 is 0. The first-order valence-electron chi connectivity index (χ1n) is 8.13. The van der Waals surface area contributed by atoms with Gasteiger partial charge in [0.25, 0.3) is 5.91 Å². The van der Waals surface area contributed by atoms with Gasteiger partial charge in [0.15, 0.2) is 5.65 Å². The number of amides is 1. The van der Waals surface area contributed by atoms with Crippen LogP contribution < -0.4 is 10.6 Å². The van der Waals surface area contributed by atoms with Gasteiger partial charge in [-0.3, -0.25) is 4.79 Å². The second-order valence-electron chi connectivity index (χ2n) is 6.06. The van der Waals surface area contributed by atoms with Gasteiger partial charge >= 0.3 is 0 Å². The van der Waals surface area contributed by atoms with Crippen molar-refractivity contribution < 1.29 is 4.79 Å². The molecule has 0 saturated heterocycles. The third-order valence-electron chi connectivity index (χ3n) is 4.44. The Morgan fingerprint density at radius 3 is 3.17 bits per heavy atom. The molecule has 1 aromatic carbocycles. The first-order valence-corrected chi connectivity index (χ1v) is 8.13. The summed E-state index contributed by atoms with van der Waals surface area (Å²) in [7, 11) is 0. The summed E-state index contributed by atoms with van der Waals surface area (Å²) in [5.41, 5.74) is 4.56. The average Bonchev–Trinajstić information content (AvgIpc) is 3.02. The highest BCUT2D eigenvalue weighted by Crippen LogP contribution is 2.22. The summed E-state index contributed by atoms with van der Waals surface area (Å²) in [6, 6.07) is 10.4. The monoisotopic (exact) mass is 321 g/mol. The molecule has 0 fully saturated rings. The molecule has 0 aliphatic carbocycles. The lowest BCUT2D eigenvalue weighted by atomic mass is 9.94. The molecule has 0 saturated carbocycles. The lowest BCUT2D eigenvalue weighted by Gasteiger charge is -2.27. The zero-order valence-electron chi connectivity index (χ0n) is 13.5. The minimum atomic E-state index is -0.145. The Balaban J connectivity index is 1.52. The van der Waals surface area contributed by atoms with Gasteiger partial charge in [-0.05, 0) is 37.1 Å². The van der Waals surface area contributed by atoms with E-state index in [1.165, 1.54) is 11.1 Å². The number of aromatic nitrogens is 3. The van der Waals surface area contributed by atoms with Gasteiger partial charge < -0.3 is 10.6 Å². The van der Waals surface area contributed by atoms with E-state index in [1.807, 2.05) is 25.3 Å². The van der Waals surface area contributed by atoms with Gasteiger partial charge in [0.1, 0.15) is 5.56 Å². The van der Waals surface area contributed by atoms with E-state index in [2.05, 4.69) is 38.9 Å². The molecule has 4 rings (SSSR count). The second kappa shape index (κ2) is 6.05. The molecule has 1 unspecified atom stereocenters. The van der Waals surface area contributed by atoms with Gasteiger partial charge in [-0.2, -0.15) is 5.10 Å². The Hall–Kier alpha value is -2.73. The summed E-state index contributed by atoms with van der Waals surface area (Å²) in [6.07, 6.45) is 4.41. The zero-order valence-corrected chi connectivity index (χ0v) is 13.5. The fraction of sp³-hybridized carbons (Fsp3) is 0.278. The topological polar surface area (TPSA) is 71.3 Å². The molecular formula is C18H19N5O. The van der Waals surface area contributed by atoms with Crippen molar-refractivity contribution in [3.8, 4) is 0 Å². The van der Waals surface area contributed by atoms with E-state index in [0.29, 0.717) is 17.8 Å². The lowest BCUT2D eigenvalue weighted by molar-refractivity contribution is 0.0950. The molecule has 1 aliphatic heterocycles. The van der Waals surface area contributed by atoms with Crippen molar-refractivity contribution in [2.75, 3.05) is 13.1 Å². The molecule has 0 radical (unpaired) electrons. The van der Waals surface area contributed by atoms with Crippen LogP contribution >= 0.6 is 0 Å². The standard InChI is InChI=1S/C18H19N5O/c1-12-7-9-23-17(22-12)15(10-21-23)18(24)20-11-16-14-5-3-2-4-13(14)6-8-19-16/h2-5,7,9-10,16,19H,6,8,11H2,1H3,(H,20,24). The maximum absolute atomic E-state index is 12.6. The lowest BCUT2D eigenvalue weighted by Crippen LogP contribution is -2.38. The quantitative estimate of drug-likeness (QED) is 0.769. The van der Waals surface area contributed by atoms with Crippen molar-refractivity contribution >= 4 is 11.6 Å². The number of rotatable bonds is 3. The number of benzene rings is 1. The van der Waals surface area contributed by atoms with E-state index in [0.717, 1.165) is 18.7 Å². The van der Waals surface area contributed by atoms with Crippen LogP contribution in [-0.4, -0.2) is 33.6 Å². The van der Waals surface area contributed by atoms with Gasteiger partial charge in [-0.15, -0.1) is 0 Å². The van der Waals surface area contributed by atoms with Crippen LogP contribution in [0.25, 0.3) is 5.65 Å². The Bertz CT molecular complexity index is 901. The van der Waals surface area contributed by atoms with E-state index in [1.54, 1.807) is 10.7 Å². The number of carbonyl (C=O) groups is 1. The first-order chi connectivity index (χ1) is 11.7. The fourth-order valence-electron chi connectivity index (χ4n) is 3.18. The highest BCUT2D eigenvalue weighted by Gasteiger charge is 2.21. The Labute approximate surface area is 139 Å². The fourth-order valence-corrected chi connectivity index (χ4v) is 3.18. The van der Waals surface area contributed by atoms with Crippen LogP contribution in [0.2, 0.25) is 0 Å². The largest absolute Gasteiger partial charge is 0.350 e. The number of hydrogen-bond acceptors (Lipinski definition) is 4. The highest BCUT2D eigenvalue weighted by atomic mass is 16.1. The van der Waals surface area contributed by atoms with E-state index >= 15 is 0 Å². The van der Waals surface area contributed by atoms with Crippen LogP contribution in [0.3, 0.4) is 0 Å². The molecule has 2 N–H and O–H groups in total. The minimum absolute atomic E-state index is 0.135. The molecule has 122 valence electrons. The van der Waals surface area contributed by atoms with Gasteiger partial charge in [-0.1, -0.05) is 24.3 Å². The molecule has 3 heterocycles. The van der Waals surface area contributed by atoms with Crippen molar-refractivity contribution in [3.63, 3.8) is 0 Å². The Kier molecular flexibility index (Phi) is 3.74. The van der Waals surface area contributed by atoms with Gasteiger partial charge in [0.05, 0.1) is 6.20 Å². The number of aryl methyl sites for hydroxylation is 1. The molecule has 6 nitrogen and oxygen atoms in total. The average molecular weight is 321 g/mol. The third-order valence-corrected chi connectivity index (χ3v) is 4.44. The van der Waals surface area contributed by atoms with Crippen molar-refractivity contribution in [2.24, 2.45) is 0 Å². The number of fused-ring (bicyclic) bond motifs is 2. The first kappa shape index (κ1) is 14.8.